The van der Waals surface area contributed by atoms with E-state index in [0.29, 0.717) is 0 Å². The highest BCUT2D eigenvalue weighted by molar-refractivity contribution is 5.15. The van der Waals surface area contributed by atoms with Gasteiger partial charge >= 0.3 is 0 Å². The van der Waals surface area contributed by atoms with Crippen molar-refractivity contribution in [3.05, 3.63) is 55.0 Å². The Labute approximate surface area is 101 Å². The Morgan fingerprint density at radius 2 is 2.53 bits per heavy atom. The average Bonchev–Trinajstić information content (AvgIpc) is 2.96. The third kappa shape index (κ3) is 2.65. The van der Waals surface area contributed by atoms with E-state index < -0.39 is 0 Å². The Morgan fingerprint density at radius 3 is 3.12 bits per heavy atom. The van der Waals surface area contributed by atoms with Crippen LogP contribution in [0.1, 0.15) is 24.0 Å². The van der Waals surface area contributed by atoms with Gasteiger partial charge in [-0.05, 0) is 25.1 Å². The largest absolute Gasteiger partial charge is 0.467 e. The second-order valence-electron chi connectivity index (χ2n) is 3.88. The number of imidazole rings is 1. The Balaban J connectivity index is 2.19. The zero-order valence-electron chi connectivity index (χ0n) is 9.97. The van der Waals surface area contributed by atoms with Crippen LogP contribution in [0.4, 0.5) is 0 Å². The summed E-state index contributed by atoms with van der Waals surface area (Å²) in [4.78, 5) is 4.37. The van der Waals surface area contributed by atoms with Gasteiger partial charge in [0.25, 0.3) is 0 Å². The quantitative estimate of drug-likeness (QED) is 0.612. The maximum absolute atomic E-state index is 5.46. The lowest BCUT2D eigenvalue weighted by atomic mass is 10.2. The second kappa shape index (κ2) is 5.50. The number of nitrogens with one attached hydrogen (secondary N) is 1. The minimum atomic E-state index is -0.00931. The Hall–Kier alpha value is -1.81. The van der Waals surface area contributed by atoms with Crippen LogP contribution in [-0.2, 0) is 7.05 Å². The SMILES string of the molecule is C=CCCNC(c1ccco1)c1nccn1C. The van der Waals surface area contributed by atoms with Crippen molar-refractivity contribution in [2.24, 2.45) is 7.05 Å². The molecule has 0 bridgehead atoms. The third-order valence-electron chi connectivity index (χ3n) is 2.64. The summed E-state index contributed by atoms with van der Waals surface area (Å²) in [5.74, 6) is 1.83. The first-order chi connectivity index (χ1) is 8.33. The molecule has 0 aliphatic carbocycles. The molecule has 2 aromatic heterocycles. The monoisotopic (exact) mass is 231 g/mol. The fraction of sp³-hybridized carbons (Fsp3) is 0.308. The zero-order valence-corrected chi connectivity index (χ0v) is 9.97. The smallest absolute Gasteiger partial charge is 0.133 e. The summed E-state index contributed by atoms with van der Waals surface area (Å²) < 4.78 is 7.46. The van der Waals surface area contributed by atoms with Crippen LogP contribution in [0.2, 0.25) is 0 Å². The van der Waals surface area contributed by atoms with Gasteiger partial charge in [-0.1, -0.05) is 6.08 Å². The first-order valence-electron chi connectivity index (χ1n) is 5.68. The van der Waals surface area contributed by atoms with Crippen LogP contribution in [0.15, 0.2) is 47.9 Å². The van der Waals surface area contributed by atoms with Crippen LogP contribution < -0.4 is 5.32 Å². The van der Waals surface area contributed by atoms with E-state index in [-0.39, 0.29) is 6.04 Å². The lowest BCUT2D eigenvalue weighted by molar-refractivity contribution is 0.432. The van der Waals surface area contributed by atoms with Crippen molar-refractivity contribution >= 4 is 0 Å². The van der Waals surface area contributed by atoms with Gasteiger partial charge in [0, 0.05) is 19.4 Å². The maximum Gasteiger partial charge on any atom is 0.133 e. The number of hydrogen-bond acceptors (Lipinski definition) is 3. The fourth-order valence-electron chi connectivity index (χ4n) is 1.76. The molecule has 4 nitrogen and oxygen atoms in total. The summed E-state index contributed by atoms with van der Waals surface area (Å²) in [7, 11) is 1.98. The van der Waals surface area contributed by atoms with Crippen molar-refractivity contribution in [3.63, 3.8) is 0 Å². The van der Waals surface area contributed by atoms with E-state index in [0.717, 1.165) is 24.6 Å². The minimum Gasteiger partial charge on any atom is -0.467 e. The second-order valence-corrected chi connectivity index (χ2v) is 3.88. The molecule has 0 radical (unpaired) electrons. The summed E-state index contributed by atoms with van der Waals surface area (Å²) in [6, 6.07) is 3.84. The molecule has 2 rings (SSSR count). The predicted molar refractivity (Wildman–Crippen MR) is 66.6 cm³/mol. The van der Waals surface area contributed by atoms with Gasteiger partial charge in [0.15, 0.2) is 0 Å². The van der Waals surface area contributed by atoms with Gasteiger partial charge in [0.05, 0.1) is 6.26 Å². The van der Waals surface area contributed by atoms with Gasteiger partial charge in [-0.2, -0.15) is 0 Å². The summed E-state index contributed by atoms with van der Waals surface area (Å²) in [5, 5.41) is 3.42. The van der Waals surface area contributed by atoms with Crippen molar-refractivity contribution in [2.75, 3.05) is 6.54 Å². The van der Waals surface area contributed by atoms with Crippen molar-refractivity contribution in [2.45, 2.75) is 12.5 Å². The van der Waals surface area contributed by atoms with Gasteiger partial charge < -0.3 is 14.3 Å². The van der Waals surface area contributed by atoms with Gasteiger partial charge in [-0.25, -0.2) is 4.98 Å². The molecule has 17 heavy (non-hydrogen) atoms. The molecule has 0 spiro atoms. The molecule has 0 fully saturated rings. The van der Waals surface area contributed by atoms with E-state index in [1.54, 1.807) is 12.5 Å². The van der Waals surface area contributed by atoms with E-state index in [2.05, 4.69) is 16.9 Å². The number of nitrogens with zero attached hydrogens (tertiary/aromatic N) is 2. The zero-order chi connectivity index (χ0) is 12.1. The molecule has 2 heterocycles. The number of furan rings is 1. The van der Waals surface area contributed by atoms with Crippen LogP contribution >= 0.6 is 0 Å². The molecule has 0 amide bonds. The lowest BCUT2D eigenvalue weighted by Gasteiger charge is -2.15. The molecule has 0 aromatic carbocycles. The topological polar surface area (TPSA) is 43.0 Å². The third-order valence-corrected chi connectivity index (χ3v) is 2.64. The summed E-state index contributed by atoms with van der Waals surface area (Å²) >= 11 is 0. The molecule has 90 valence electrons. The minimum absolute atomic E-state index is 0.00931. The fourth-order valence-corrected chi connectivity index (χ4v) is 1.76. The number of aromatic nitrogens is 2. The molecule has 0 aliphatic heterocycles. The Kier molecular flexibility index (Phi) is 3.77. The summed E-state index contributed by atoms with van der Waals surface area (Å²) in [6.45, 7) is 4.57. The van der Waals surface area contributed by atoms with Crippen molar-refractivity contribution in [1.29, 1.82) is 0 Å². The molecule has 2 aromatic rings. The van der Waals surface area contributed by atoms with Crippen LogP contribution in [0.3, 0.4) is 0 Å². The van der Waals surface area contributed by atoms with Crippen molar-refractivity contribution < 1.29 is 4.42 Å². The number of hydrogen-bond donors (Lipinski definition) is 1. The predicted octanol–water partition coefficient (Wildman–Crippen LogP) is 2.27. The molecular formula is C13H17N3O. The van der Waals surface area contributed by atoms with Gasteiger partial charge in [0.2, 0.25) is 0 Å². The van der Waals surface area contributed by atoms with E-state index in [9.17, 15) is 0 Å². The molecule has 0 saturated heterocycles. The Bertz CT molecular complexity index is 459. The molecule has 4 heteroatoms. The van der Waals surface area contributed by atoms with E-state index in [4.69, 9.17) is 4.42 Å². The van der Waals surface area contributed by atoms with Crippen LogP contribution in [0, 0.1) is 0 Å². The van der Waals surface area contributed by atoms with Gasteiger partial charge in [-0.3, -0.25) is 0 Å². The van der Waals surface area contributed by atoms with Gasteiger partial charge in [-0.15, -0.1) is 6.58 Å². The standard InChI is InChI=1S/C13H17N3O/c1-3-4-7-14-12(11-6-5-10-17-11)13-15-8-9-16(13)2/h3,5-6,8-10,12,14H,1,4,7H2,2H3. The first-order valence-corrected chi connectivity index (χ1v) is 5.68. The highest BCUT2D eigenvalue weighted by Crippen LogP contribution is 2.20. The van der Waals surface area contributed by atoms with Crippen molar-refractivity contribution in [1.82, 2.24) is 14.9 Å². The normalized spacial score (nSPS) is 12.5. The van der Waals surface area contributed by atoms with E-state index in [1.807, 2.05) is 36.0 Å². The maximum atomic E-state index is 5.46. The van der Waals surface area contributed by atoms with Gasteiger partial charge in [0.1, 0.15) is 17.6 Å². The highest BCUT2D eigenvalue weighted by Gasteiger charge is 2.19. The number of aryl methyl sites for hydroxylation is 1. The van der Waals surface area contributed by atoms with E-state index in [1.165, 1.54) is 0 Å². The number of rotatable bonds is 6. The van der Waals surface area contributed by atoms with Crippen LogP contribution in [0.5, 0.6) is 0 Å². The average molecular weight is 231 g/mol. The molecular weight excluding hydrogens is 214 g/mol. The molecule has 0 saturated carbocycles. The Morgan fingerprint density at radius 1 is 1.65 bits per heavy atom. The van der Waals surface area contributed by atoms with Crippen molar-refractivity contribution in [3.8, 4) is 0 Å². The molecule has 1 unspecified atom stereocenters. The molecule has 0 aliphatic rings. The molecule has 1 atom stereocenters. The van der Waals surface area contributed by atoms with E-state index >= 15 is 0 Å². The van der Waals surface area contributed by atoms with Crippen LogP contribution in [0.25, 0.3) is 0 Å². The summed E-state index contributed by atoms with van der Waals surface area (Å²) in [6.07, 6.45) is 8.22. The lowest BCUT2D eigenvalue weighted by Crippen LogP contribution is -2.25. The van der Waals surface area contributed by atoms with Crippen LogP contribution in [-0.4, -0.2) is 16.1 Å². The molecule has 1 N–H and O–H groups in total. The highest BCUT2D eigenvalue weighted by atomic mass is 16.3. The first kappa shape index (κ1) is 11.7. The summed E-state index contributed by atoms with van der Waals surface area (Å²) in [5.41, 5.74) is 0.